The maximum Gasteiger partial charge on any atom is 0.268 e. The van der Waals surface area contributed by atoms with E-state index >= 15 is 0 Å². The summed E-state index contributed by atoms with van der Waals surface area (Å²) in [6.45, 7) is 4.65. The molecule has 1 aromatic heterocycles. The number of hydrogen-bond donors (Lipinski definition) is 1. The summed E-state index contributed by atoms with van der Waals surface area (Å²) in [7, 11) is 0. The average molecular weight is 474 g/mol. The van der Waals surface area contributed by atoms with Gasteiger partial charge in [-0.25, -0.2) is 4.39 Å². The van der Waals surface area contributed by atoms with Gasteiger partial charge < -0.3 is 10.2 Å². The van der Waals surface area contributed by atoms with E-state index in [1.165, 1.54) is 12.1 Å². The largest absolute Gasteiger partial charge is 0.382 e. The number of benzene rings is 1. The minimum Gasteiger partial charge on any atom is -0.382 e. The Morgan fingerprint density at radius 3 is 2.72 bits per heavy atom. The highest BCUT2D eigenvalue weighted by Gasteiger charge is 2.31. The van der Waals surface area contributed by atoms with Gasteiger partial charge in [0.2, 0.25) is 6.10 Å². The number of nitrogens with one attached hydrogen (secondary N) is 1. The number of nitrogens with zero attached hydrogens (tertiary/aromatic N) is 3. The molecular formula is C16H15Br2FN4O2. The minimum absolute atomic E-state index is 0.346. The molecule has 0 radical (unpaired) electrons. The highest BCUT2D eigenvalue weighted by Crippen LogP contribution is 2.32. The summed E-state index contributed by atoms with van der Waals surface area (Å²) in [6.07, 6.45) is 1.49. The number of carbonyl (C=O) groups is 1. The maximum absolute atomic E-state index is 13.3. The van der Waals surface area contributed by atoms with Crippen LogP contribution in [0, 0.1) is 12.7 Å². The van der Waals surface area contributed by atoms with Crippen LogP contribution in [0.15, 0.2) is 32.4 Å². The van der Waals surface area contributed by atoms with Crippen molar-refractivity contribution >= 4 is 49.2 Å². The number of anilines is 1. The third kappa shape index (κ3) is 3.77. The van der Waals surface area contributed by atoms with Crippen LogP contribution in [0.3, 0.4) is 0 Å². The second kappa shape index (κ2) is 7.25. The van der Waals surface area contributed by atoms with E-state index in [4.69, 9.17) is 4.84 Å². The molecule has 9 heteroatoms. The molecule has 0 saturated carbocycles. The average Bonchev–Trinajstić information content (AvgIpc) is 3.16. The third-order valence-corrected chi connectivity index (χ3v) is 5.05. The number of hydrogen-bond acceptors (Lipinski definition) is 4. The van der Waals surface area contributed by atoms with Crippen molar-refractivity contribution in [2.45, 2.75) is 32.9 Å². The van der Waals surface area contributed by atoms with Crippen LogP contribution in [-0.2, 0) is 16.2 Å². The lowest BCUT2D eigenvalue weighted by molar-refractivity contribution is -0.125. The highest BCUT2D eigenvalue weighted by atomic mass is 79.9. The molecule has 0 unspecified atom stereocenters. The predicted octanol–water partition coefficient (Wildman–Crippen LogP) is 4.01. The van der Waals surface area contributed by atoms with Gasteiger partial charge in [-0.1, -0.05) is 5.16 Å². The van der Waals surface area contributed by atoms with Crippen LogP contribution in [0.25, 0.3) is 0 Å². The van der Waals surface area contributed by atoms with E-state index in [0.717, 1.165) is 17.8 Å². The van der Waals surface area contributed by atoms with Crippen molar-refractivity contribution in [1.29, 1.82) is 0 Å². The molecule has 3 rings (SSSR count). The highest BCUT2D eigenvalue weighted by molar-refractivity contribution is 9.11. The van der Waals surface area contributed by atoms with Crippen LogP contribution in [0.2, 0.25) is 0 Å². The molecule has 1 aliphatic rings. The van der Waals surface area contributed by atoms with E-state index in [0.29, 0.717) is 26.8 Å². The van der Waals surface area contributed by atoms with Crippen molar-refractivity contribution in [2.24, 2.45) is 5.16 Å². The van der Waals surface area contributed by atoms with Crippen LogP contribution in [0.1, 0.15) is 24.6 Å². The van der Waals surface area contributed by atoms with Gasteiger partial charge in [-0.15, -0.1) is 0 Å². The first-order valence-electron chi connectivity index (χ1n) is 7.61. The molecule has 1 amide bonds. The normalized spacial score (nSPS) is 16.5. The molecule has 1 aromatic carbocycles. The zero-order chi connectivity index (χ0) is 18.1. The second-order valence-corrected chi connectivity index (χ2v) is 7.26. The molecule has 0 bridgehead atoms. The minimum atomic E-state index is -0.747. The van der Waals surface area contributed by atoms with E-state index in [1.54, 1.807) is 0 Å². The van der Waals surface area contributed by atoms with Gasteiger partial charge in [0.05, 0.1) is 17.1 Å². The predicted molar refractivity (Wildman–Crippen MR) is 99.1 cm³/mol. The van der Waals surface area contributed by atoms with Crippen molar-refractivity contribution in [3.05, 3.63) is 44.3 Å². The van der Waals surface area contributed by atoms with Crippen LogP contribution < -0.4 is 5.32 Å². The number of rotatable bonds is 4. The zero-order valence-corrected chi connectivity index (χ0v) is 16.7. The van der Waals surface area contributed by atoms with Gasteiger partial charge in [0.15, 0.2) is 0 Å². The number of amides is 1. The maximum atomic E-state index is 13.3. The lowest BCUT2D eigenvalue weighted by atomic mass is 10.1. The Bertz CT molecular complexity index is 843. The molecule has 132 valence electrons. The molecule has 1 N–H and O–H groups in total. The van der Waals surface area contributed by atoms with Crippen LogP contribution in [0.4, 0.5) is 10.1 Å². The number of carbonyl (C=O) groups excluding carboxylic acids is 1. The molecular weight excluding hydrogens is 459 g/mol. The smallest absolute Gasteiger partial charge is 0.268 e. The molecule has 0 saturated heterocycles. The van der Waals surface area contributed by atoms with Gasteiger partial charge in [-0.05, 0) is 57.8 Å². The summed E-state index contributed by atoms with van der Waals surface area (Å²) in [5, 5.41) is 11.1. The fraction of sp³-hybridized carbons (Fsp3) is 0.312. The Morgan fingerprint density at radius 2 is 2.12 bits per heavy atom. The molecule has 6 nitrogen and oxygen atoms in total. The topological polar surface area (TPSA) is 68.5 Å². The van der Waals surface area contributed by atoms with E-state index in [1.807, 2.05) is 24.7 Å². The van der Waals surface area contributed by atoms with E-state index in [2.05, 4.69) is 47.4 Å². The summed E-state index contributed by atoms with van der Waals surface area (Å²) in [5.41, 5.74) is 2.85. The van der Waals surface area contributed by atoms with Crippen molar-refractivity contribution in [3.8, 4) is 0 Å². The Labute approximate surface area is 160 Å². The molecule has 2 heterocycles. The Hall–Kier alpha value is -1.74. The van der Waals surface area contributed by atoms with Crippen LogP contribution >= 0.6 is 31.9 Å². The first-order valence-corrected chi connectivity index (χ1v) is 9.20. The number of aryl methyl sites for hydroxylation is 2. The number of aromatic nitrogens is 2. The van der Waals surface area contributed by atoms with Gasteiger partial charge >= 0.3 is 0 Å². The Balaban J connectivity index is 1.71. The quantitative estimate of drug-likeness (QED) is 0.729. The van der Waals surface area contributed by atoms with Gasteiger partial charge in [0.25, 0.3) is 5.91 Å². The fourth-order valence-corrected chi connectivity index (χ4v) is 3.83. The van der Waals surface area contributed by atoms with E-state index in [9.17, 15) is 9.18 Å². The molecule has 25 heavy (non-hydrogen) atoms. The lowest BCUT2D eigenvalue weighted by Gasteiger charge is -2.12. The zero-order valence-electron chi connectivity index (χ0n) is 13.5. The first kappa shape index (κ1) is 18.1. The van der Waals surface area contributed by atoms with Crippen molar-refractivity contribution in [2.75, 3.05) is 5.32 Å². The van der Waals surface area contributed by atoms with Crippen LogP contribution in [0.5, 0.6) is 0 Å². The first-order chi connectivity index (χ1) is 11.9. The molecule has 1 aliphatic heterocycles. The lowest BCUT2D eigenvalue weighted by Crippen LogP contribution is -2.28. The summed E-state index contributed by atoms with van der Waals surface area (Å²) < 4.78 is 16.0. The van der Waals surface area contributed by atoms with Crippen molar-refractivity contribution < 1.29 is 14.0 Å². The Kier molecular flexibility index (Phi) is 5.24. The van der Waals surface area contributed by atoms with Gasteiger partial charge in [0.1, 0.15) is 5.82 Å². The van der Waals surface area contributed by atoms with Gasteiger partial charge in [-0.3, -0.25) is 9.48 Å². The number of oxime groups is 1. The van der Waals surface area contributed by atoms with Crippen LogP contribution in [-0.4, -0.2) is 27.5 Å². The van der Waals surface area contributed by atoms with Crippen molar-refractivity contribution in [3.63, 3.8) is 0 Å². The SMILES string of the molecule is CCn1cc(C2=NO[C@@H](C(=O)Nc3c(Br)cc(F)cc3Br)C2)c(C)n1. The summed E-state index contributed by atoms with van der Waals surface area (Å²) >= 11 is 6.48. The third-order valence-electron chi connectivity index (χ3n) is 3.80. The molecule has 0 aliphatic carbocycles. The fourth-order valence-electron chi connectivity index (χ4n) is 2.51. The Morgan fingerprint density at radius 1 is 1.44 bits per heavy atom. The molecule has 2 aromatic rings. The summed E-state index contributed by atoms with van der Waals surface area (Å²) in [5.74, 6) is -0.768. The molecule has 0 fully saturated rings. The van der Waals surface area contributed by atoms with Crippen molar-refractivity contribution in [1.82, 2.24) is 9.78 Å². The second-order valence-electron chi connectivity index (χ2n) is 5.55. The van der Waals surface area contributed by atoms with Gasteiger partial charge in [0, 0.05) is 33.7 Å². The summed E-state index contributed by atoms with van der Waals surface area (Å²) in [4.78, 5) is 17.8. The standard InChI is InChI=1S/C16H15Br2FN4O2/c1-3-23-7-10(8(2)21-23)13-6-14(25-22-13)16(24)20-15-11(17)4-9(19)5-12(15)18/h4-5,7,14H,3,6H2,1-2H3,(H,20,24)/t14-/m1/s1. The van der Waals surface area contributed by atoms with Gasteiger partial charge in [-0.2, -0.15) is 5.10 Å². The van der Waals surface area contributed by atoms with E-state index in [-0.39, 0.29) is 5.91 Å². The number of halogens is 3. The molecule has 1 atom stereocenters. The summed E-state index contributed by atoms with van der Waals surface area (Å²) in [6, 6.07) is 2.56. The molecule has 0 spiro atoms. The monoisotopic (exact) mass is 472 g/mol. The van der Waals surface area contributed by atoms with E-state index < -0.39 is 11.9 Å².